The first-order valence-corrected chi connectivity index (χ1v) is 7.26. The predicted octanol–water partition coefficient (Wildman–Crippen LogP) is 2.45. The molecule has 0 spiro atoms. The van der Waals surface area contributed by atoms with Crippen LogP contribution in [0.1, 0.15) is 17.0 Å². The summed E-state index contributed by atoms with van der Waals surface area (Å²) in [7, 11) is -3.81. The van der Waals surface area contributed by atoms with E-state index in [1.165, 1.54) is 13.1 Å². The van der Waals surface area contributed by atoms with Gasteiger partial charge in [0, 0.05) is 6.20 Å². The minimum Gasteiger partial charge on any atom is -0.360 e. The molecular weight excluding hydrogens is 290 g/mol. The quantitative estimate of drug-likeness (QED) is 0.880. The topological polar surface area (TPSA) is 85.1 Å². The zero-order valence-corrected chi connectivity index (χ0v) is 12.1. The second-order valence-corrected chi connectivity index (χ2v) is 6.03. The van der Waals surface area contributed by atoms with E-state index in [1.54, 1.807) is 19.9 Å². The Kier molecular flexibility index (Phi) is 3.51. The molecule has 0 bridgehead atoms. The van der Waals surface area contributed by atoms with E-state index in [2.05, 4.69) is 14.9 Å². The summed E-state index contributed by atoms with van der Waals surface area (Å²) in [5.74, 6) is 0.225. The number of hydrogen-bond donors (Lipinski definition) is 1. The van der Waals surface area contributed by atoms with Gasteiger partial charge in [0.05, 0.1) is 5.69 Å². The normalized spacial score (nSPS) is 11.6. The van der Waals surface area contributed by atoms with Crippen LogP contribution < -0.4 is 4.72 Å². The van der Waals surface area contributed by atoms with Gasteiger partial charge in [0.25, 0.3) is 10.0 Å². The maximum atomic E-state index is 12.3. The maximum absolute atomic E-state index is 12.3. The smallest absolute Gasteiger partial charge is 0.267 e. The lowest BCUT2D eigenvalue weighted by atomic mass is 10.3. The Labute approximate surface area is 115 Å². The molecule has 0 saturated carbocycles. The Morgan fingerprint density at radius 1 is 1.32 bits per heavy atom. The lowest BCUT2D eigenvalue weighted by Gasteiger charge is -2.10. The summed E-state index contributed by atoms with van der Waals surface area (Å²) in [6, 6.07) is 1.66. The fourth-order valence-electron chi connectivity index (χ4n) is 1.69. The van der Waals surface area contributed by atoms with Crippen LogP contribution in [0.15, 0.2) is 21.7 Å². The molecule has 0 amide bonds. The second kappa shape index (κ2) is 4.82. The van der Waals surface area contributed by atoms with Crippen LogP contribution in [0.5, 0.6) is 0 Å². The molecule has 19 heavy (non-hydrogen) atoms. The van der Waals surface area contributed by atoms with Crippen molar-refractivity contribution >= 4 is 27.3 Å². The van der Waals surface area contributed by atoms with E-state index in [-0.39, 0.29) is 21.5 Å². The molecule has 0 atom stereocenters. The molecule has 0 aliphatic heterocycles. The lowest BCUT2D eigenvalue weighted by molar-refractivity contribution is 0.390. The van der Waals surface area contributed by atoms with Gasteiger partial charge in [-0.2, -0.15) is 0 Å². The van der Waals surface area contributed by atoms with Crippen LogP contribution in [0.25, 0.3) is 0 Å². The van der Waals surface area contributed by atoms with E-state index in [9.17, 15) is 8.42 Å². The van der Waals surface area contributed by atoms with Gasteiger partial charge >= 0.3 is 0 Å². The number of anilines is 1. The first kappa shape index (κ1) is 13.8. The Morgan fingerprint density at radius 3 is 2.53 bits per heavy atom. The van der Waals surface area contributed by atoms with Crippen LogP contribution in [0, 0.1) is 20.8 Å². The van der Waals surface area contributed by atoms with Gasteiger partial charge in [-0.15, -0.1) is 0 Å². The van der Waals surface area contributed by atoms with E-state index in [0.717, 1.165) is 0 Å². The molecule has 2 aromatic heterocycles. The third kappa shape index (κ3) is 2.57. The van der Waals surface area contributed by atoms with Crippen LogP contribution in [0.4, 0.5) is 5.69 Å². The van der Waals surface area contributed by atoms with Gasteiger partial charge < -0.3 is 4.52 Å². The number of nitrogens with one attached hydrogen (secondary N) is 1. The summed E-state index contributed by atoms with van der Waals surface area (Å²) in [4.78, 5) is 3.87. The largest absolute Gasteiger partial charge is 0.360 e. The van der Waals surface area contributed by atoms with Gasteiger partial charge in [-0.25, -0.2) is 13.4 Å². The van der Waals surface area contributed by atoms with Crippen molar-refractivity contribution in [3.05, 3.63) is 34.4 Å². The van der Waals surface area contributed by atoms with Crippen molar-refractivity contribution in [1.29, 1.82) is 0 Å². The molecule has 0 radical (unpaired) electrons. The molecule has 102 valence electrons. The highest BCUT2D eigenvalue weighted by Crippen LogP contribution is 2.28. The molecule has 2 heterocycles. The van der Waals surface area contributed by atoms with Crippen LogP contribution in [-0.2, 0) is 10.0 Å². The zero-order chi connectivity index (χ0) is 14.2. The van der Waals surface area contributed by atoms with Crippen LogP contribution in [0.2, 0.25) is 5.15 Å². The van der Waals surface area contributed by atoms with Gasteiger partial charge in [0.2, 0.25) is 0 Å². The van der Waals surface area contributed by atoms with Crippen LogP contribution in [-0.4, -0.2) is 18.6 Å². The highest BCUT2D eigenvalue weighted by atomic mass is 35.5. The van der Waals surface area contributed by atoms with E-state index in [1.807, 2.05) is 0 Å². The summed E-state index contributed by atoms with van der Waals surface area (Å²) in [5.41, 5.74) is 1.22. The number of aromatic nitrogens is 2. The average Bonchev–Trinajstić information content (AvgIpc) is 2.64. The molecule has 8 heteroatoms. The number of rotatable bonds is 3. The maximum Gasteiger partial charge on any atom is 0.267 e. The van der Waals surface area contributed by atoms with Crippen molar-refractivity contribution in [2.24, 2.45) is 0 Å². The minimum atomic E-state index is -3.81. The fraction of sp³-hybridized carbons (Fsp3) is 0.273. The zero-order valence-electron chi connectivity index (χ0n) is 10.6. The van der Waals surface area contributed by atoms with Crippen LogP contribution in [0.3, 0.4) is 0 Å². The molecule has 0 fully saturated rings. The van der Waals surface area contributed by atoms with Crippen molar-refractivity contribution in [2.45, 2.75) is 25.7 Å². The van der Waals surface area contributed by atoms with E-state index in [0.29, 0.717) is 11.3 Å². The Morgan fingerprint density at radius 2 is 2.00 bits per heavy atom. The number of pyridine rings is 1. The van der Waals surface area contributed by atoms with Crippen molar-refractivity contribution in [3.8, 4) is 0 Å². The van der Waals surface area contributed by atoms with Gasteiger partial charge in [0.15, 0.2) is 15.8 Å². The Balaban J connectivity index is 2.49. The molecule has 2 rings (SSSR count). The standard InChI is InChI=1S/C11H12ClN3O3S/c1-6-4-5-13-11(12)9(6)15-19(16,17)10-7(2)14-18-8(10)3/h4-5,15H,1-3H3. The van der Waals surface area contributed by atoms with Gasteiger partial charge in [-0.05, 0) is 32.4 Å². The van der Waals surface area contributed by atoms with Gasteiger partial charge in [-0.3, -0.25) is 4.72 Å². The monoisotopic (exact) mass is 301 g/mol. The number of nitrogens with zero attached hydrogens (tertiary/aromatic N) is 2. The first-order chi connectivity index (χ1) is 8.83. The Bertz CT molecular complexity index is 685. The predicted molar refractivity (Wildman–Crippen MR) is 70.8 cm³/mol. The highest BCUT2D eigenvalue weighted by Gasteiger charge is 2.25. The molecule has 2 aromatic rings. The second-order valence-electron chi connectivity index (χ2n) is 4.05. The number of aryl methyl sites for hydroxylation is 3. The van der Waals surface area contributed by atoms with Crippen molar-refractivity contribution in [3.63, 3.8) is 0 Å². The Hall–Kier alpha value is -1.60. The summed E-state index contributed by atoms with van der Waals surface area (Å²) < 4.78 is 31.9. The van der Waals surface area contributed by atoms with E-state index < -0.39 is 10.0 Å². The van der Waals surface area contributed by atoms with Crippen molar-refractivity contribution in [2.75, 3.05) is 4.72 Å². The molecule has 6 nitrogen and oxygen atoms in total. The molecule has 0 aromatic carbocycles. The molecule has 0 unspecified atom stereocenters. The summed E-state index contributed by atoms with van der Waals surface area (Å²) in [6.45, 7) is 4.83. The van der Waals surface area contributed by atoms with Crippen molar-refractivity contribution in [1.82, 2.24) is 10.1 Å². The van der Waals surface area contributed by atoms with E-state index >= 15 is 0 Å². The van der Waals surface area contributed by atoms with Gasteiger partial charge in [-0.1, -0.05) is 16.8 Å². The van der Waals surface area contributed by atoms with E-state index in [4.69, 9.17) is 16.1 Å². The third-order valence-corrected chi connectivity index (χ3v) is 4.47. The number of hydrogen-bond acceptors (Lipinski definition) is 5. The molecule has 0 saturated heterocycles. The highest BCUT2D eigenvalue weighted by molar-refractivity contribution is 7.92. The minimum absolute atomic E-state index is 0.0202. The number of sulfonamides is 1. The summed E-state index contributed by atoms with van der Waals surface area (Å²) in [6.07, 6.45) is 1.51. The average molecular weight is 302 g/mol. The summed E-state index contributed by atoms with van der Waals surface area (Å²) in [5, 5.41) is 3.72. The van der Waals surface area contributed by atoms with Crippen LogP contribution >= 0.6 is 11.6 Å². The number of halogens is 1. The molecular formula is C11H12ClN3O3S. The van der Waals surface area contributed by atoms with Gasteiger partial charge in [0.1, 0.15) is 5.69 Å². The molecule has 0 aliphatic carbocycles. The summed E-state index contributed by atoms with van der Waals surface area (Å²) >= 11 is 5.90. The fourth-order valence-corrected chi connectivity index (χ4v) is 3.47. The lowest BCUT2D eigenvalue weighted by Crippen LogP contribution is -2.15. The molecule has 1 N–H and O–H groups in total. The SMILES string of the molecule is Cc1ccnc(Cl)c1NS(=O)(=O)c1c(C)noc1C. The third-order valence-electron chi connectivity index (χ3n) is 2.59. The first-order valence-electron chi connectivity index (χ1n) is 5.39. The molecule has 0 aliphatic rings. The van der Waals surface area contributed by atoms with Crippen molar-refractivity contribution < 1.29 is 12.9 Å².